The molecule has 1 N–H and O–H groups in total. The molecule has 1 aromatic rings. The van der Waals surface area contributed by atoms with E-state index in [2.05, 4.69) is 15.3 Å². The van der Waals surface area contributed by atoms with Crippen LogP contribution in [0.15, 0.2) is 34.3 Å². The van der Waals surface area contributed by atoms with Crippen molar-refractivity contribution < 1.29 is 22.7 Å². The number of carbonyl (C=O) groups is 1. The van der Waals surface area contributed by atoms with E-state index in [0.29, 0.717) is 5.69 Å². The number of hydrazone groups is 1. The first-order valence-electron chi connectivity index (χ1n) is 5.03. The summed E-state index contributed by atoms with van der Waals surface area (Å²) in [5.41, 5.74) is -2.15. The third-order valence-corrected chi connectivity index (χ3v) is 2.61. The number of carbonyl (C=O) groups excluding carboxylic acids is 1. The summed E-state index contributed by atoms with van der Waals surface area (Å²) in [5.74, 6) is -0.913. The van der Waals surface area contributed by atoms with E-state index in [-0.39, 0.29) is 16.7 Å². The lowest BCUT2D eigenvalue weighted by molar-refractivity contribution is -0.132. The molecule has 0 aliphatic rings. The number of anilines is 1. The fourth-order valence-corrected chi connectivity index (χ4v) is 1.60. The van der Waals surface area contributed by atoms with Gasteiger partial charge in [0.2, 0.25) is 5.71 Å². The smallest absolute Gasteiger partial charge is 0.446 e. The van der Waals surface area contributed by atoms with Gasteiger partial charge >= 0.3 is 11.5 Å². The summed E-state index contributed by atoms with van der Waals surface area (Å²) >= 11 is -0.243. The Kier molecular flexibility index (Phi) is 5.40. The molecule has 0 unspecified atom stereocenters. The fourth-order valence-electron chi connectivity index (χ4n) is 1.06. The van der Waals surface area contributed by atoms with E-state index in [9.17, 15) is 18.0 Å². The minimum absolute atomic E-state index is 0.0144. The van der Waals surface area contributed by atoms with Crippen molar-refractivity contribution in [3.8, 4) is 6.07 Å². The Hall–Kier alpha value is -2.21. The number of ether oxygens (including phenoxy) is 1. The number of hydrogen-bond acceptors (Lipinski definition) is 6. The van der Waals surface area contributed by atoms with Gasteiger partial charge in [-0.2, -0.15) is 23.5 Å². The predicted octanol–water partition coefficient (Wildman–Crippen LogP) is 2.76. The molecule has 0 amide bonds. The standard InChI is InChI=1S/C11H8F3N3O2S/c1-19-10(18)9(6-15)17-16-7-2-4-8(5-3-7)20-11(12,13)14/h2-5,16H,1H3/b17-9-. The highest BCUT2D eigenvalue weighted by molar-refractivity contribution is 8.00. The first kappa shape index (κ1) is 15.8. The third kappa shape index (κ3) is 5.19. The summed E-state index contributed by atoms with van der Waals surface area (Å²) in [4.78, 5) is 11.0. The molecule has 1 rings (SSSR count). The topological polar surface area (TPSA) is 74.5 Å². The van der Waals surface area contributed by atoms with E-state index in [1.165, 1.54) is 30.3 Å². The molecule has 106 valence electrons. The zero-order chi connectivity index (χ0) is 15.2. The molecule has 5 nitrogen and oxygen atoms in total. The Balaban J connectivity index is 2.73. The van der Waals surface area contributed by atoms with E-state index < -0.39 is 17.2 Å². The van der Waals surface area contributed by atoms with Crippen molar-refractivity contribution in [3.05, 3.63) is 24.3 Å². The highest BCUT2D eigenvalue weighted by Gasteiger charge is 2.28. The Bertz CT molecular complexity index is 550. The molecule has 9 heteroatoms. The number of nitriles is 1. The van der Waals surface area contributed by atoms with Gasteiger partial charge < -0.3 is 4.74 Å². The number of benzene rings is 1. The Labute approximate surface area is 116 Å². The second-order valence-electron chi connectivity index (χ2n) is 3.25. The monoisotopic (exact) mass is 303 g/mol. The normalized spacial score (nSPS) is 11.7. The quantitative estimate of drug-likeness (QED) is 0.401. The van der Waals surface area contributed by atoms with Crippen molar-refractivity contribution in [1.82, 2.24) is 0 Å². The first-order chi connectivity index (χ1) is 9.35. The van der Waals surface area contributed by atoms with Crippen molar-refractivity contribution in [2.24, 2.45) is 5.10 Å². The van der Waals surface area contributed by atoms with E-state index in [1.807, 2.05) is 0 Å². The van der Waals surface area contributed by atoms with Gasteiger partial charge in [0.1, 0.15) is 6.07 Å². The van der Waals surface area contributed by atoms with Crippen LogP contribution in [0, 0.1) is 11.3 Å². The lowest BCUT2D eigenvalue weighted by Gasteiger charge is -2.06. The summed E-state index contributed by atoms with van der Waals surface area (Å²) in [6.07, 6.45) is 0. The van der Waals surface area contributed by atoms with Crippen LogP contribution in [0.2, 0.25) is 0 Å². The number of nitrogens with zero attached hydrogens (tertiary/aromatic N) is 2. The van der Waals surface area contributed by atoms with Crippen LogP contribution in [0.3, 0.4) is 0 Å². The molecule has 0 saturated carbocycles. The number of hydrogen-bond donors (Lipinski definition) is 1. The van der Waals surface area contributed by atoms with E-state index in [0.717, 1.165) is 7.11 Å². The van der Waals surface area contributed by atoms with Gasteiger partial charge in [-0.15, -0.1) is 0 Å². The van der Waals surface area contributed by atoms with Gasteiger partial charge in [-0.05, 0) is 36.0 Å². The molecule has 0 aromatic heterocycles. The maximum Gasteiger partial charge on any atom is 0.446 e. The molecule has 20 heavy (non-hydrogen) atoms. The Morgan fingerprint density at radius 3 is 2.45 bits per heavy atom. The molecular weight excluding hydrogens is 295 g/mol. The van der Waals surface area contributed by atoms with E-state index >= 15 is 0 Å². The average molecular weight is 303 g/mol. The molecule has 1 aromatic carbocycles. The third-order valence-electron chi connectivity index (χ3n) is 1.87. The highest BCUT2D eigenvalue weighted by atomic mass is 32.2. The van der Waals surface area contributed by atoms with Crippen LogP contribution in [-0.4, -0.2) is 24.3 Å². The van der Waals surface area contributed by atoms with Crippen LogP contribution in [0.4, 0.5) is 18.9 Å². The van der Waals surface area contributed by atoms with Crippen molar-refractivity contribution in [1.29, 1.82) is 5.26 Å². The van der Waals surface area contributed by atoms with Gasteiger partial charge in [-0.25, -0.2) is 4.79 Å². The summed E-state index contributed by atoms with van der Waals surface area (Å²) in [6, 6.07) is 6.67. The van der Waals surface area contributed by atoms with E-state index in [1.54, 1.807) is 0 Å². The molecular formula is C11H8F3N3O2S. The van der Waals surface area contributed by atoms with Crippen molar-refractivity contribution in [2.75, 3.05) is 12.5 Å². The van der Waals surface area contributed by atoms with Crippen molar-refractivity contribution in [3.63, 3.8) is 0 Å². The van der Waals surface area contributed by atoms with Gasteiger partial charge in [-0.3, -0.25) is 5.43 Å². The van der Waals surface area contributed by atoms with Gasteiger partial charge in [0.05, 0.1) is 12.8 Å². The number of rotatable bonds is 4. The number of thioether (sulfide) groups is 1. The van der Waals surface area contributed by atoms with Crippen molar-refractivity contribution >= 4 is 29.1 Å². The molecule has 0 radical (unpaired) electrons. The van der Waals surface area contributed by atoms with Crippen LogP contribution in [-0.2, 0) is 9.53 Å². The molecule has 0 aliphatic heterocycles. The maximum absolute atomic E-state index is 12.1. The molecule has 0 atom stereocenters. The summed E-state index contributed by atoms with van der Waals surface area (Å²) < 4.78 is 40.6. The number of methoxy groups -OCH3 is 1. The maximum atomic E-state index is 12.1. The molecule has 0 heterocycles. The number of nitrogens with one attached hydrogen (secondary N) is 1. The van der Waals surface area contributed by atoms with Gasteiger partial charge in [-0.1, -0.05) is 0 Å². The molecule has 0 spiro atoms. The number of esters is 1. The minimum Gasteiger partial charge on any atom is -0.464 e. The predicted molar refractivity (Wildman–Crippen MR) is 67.0 cm³/mol. The van der Waals surface area contributed by atoms with Crippen LogP contribution < -0.4 is 5.43 Å². The average Bonchev–Trinajstić information content (AvgIpc) is 2.39. The van der Waals surface area contributed by atoms with Crippen LogP contribution in [0.25, 0.3) is 0 Å². The first-order valence-corrected chi connectivity index (χ1v) is 5.85. The lowest BCUT2D eigenvalue weighted by atomic mass is 10.3. The molecule has 0 fully saturated rings. The fraction of sp³-hybridized carbons (Fsp3) is 0.182. The van der Waals surface area contributed by atoms with Gasteiger partial charge in [0, 0.05) is 4.90 Å². The van der Waals surface area contributed by atoms with Gasteiger partial charge in [0.25, 0.3) is 0 Å². The lowest BCUT2D eigenvalue weighted by Crippen LogP contribution is -2.15. The number of halogens is 3. The molecule has 0 bridgehead atoms. The zero-order valence-electron chi connectivity index (χ0n) is 10.1. The minimum atomic E-state index is -4.36. The highest BCUT2D eigenvalue weighted by Crippen LogP contribution is 2.36. The van der Waals surface area contributed by atoms with Crippen LogP contribution in [0.1, 0.15) is 0 Å². The van der Waals surface area contributed by atoms with Crippen LogP contribution >= 0.6 is 11.8 Å². The SMILES string of the molecule is COC(=O)/C(C#N)=N\Nc1ccc(SC(F)(F)F)cc1. The number of alkyl halides is 3. The Morgan fingerprint density at radius 1 is 1.40 bits per heavy atom. The summed E-state index contributed by atoms with van der Waals surface area (Å²) in [7, 11) is 1.10. The second-order valence-corrected chi connectivity index (χ2v) is 4.39. The summed E-state index contributed by atoms with van der Waals surface area (Å²) in [5, 5.41) is 12.1. The second kappa shape index (κ2) is 6.81. The Morgan fingerprint density at radius 2 is 2.00 bits per heavy atom. The largest absolute Gasteiger partial charge is 0.464 e. The van der Waals surface area contributed by atoms with E-state index in [4.69, 9.17) is 5.26 Å². The zero-order valence-corrected chi connectivity index (χ0v) is 10.9. The van der Waals surface area contributed by atoms with Crippen LogP contribution in [0.5, 0.6) is 0 Å². The molecule has 0 saturated heterocycles. The van der Waals surface area contributed by atoms with Gasteiger partial charge in [0.15, 0.2) is 0 Å². The van der Waals surface area contributed by atoms with Crippen molar-refractivity contribution in [2.45, 2.75) is 10.4 Å². The summed E-state index contributed by atoms with van der Waals surface area (Å²) in [6.45, 7) is 0. The molecule has 0 aliphatic carbocycles.